The van der Waals surface area contributed by atoms with Gasteiger partial charge in [0.05, 0.1) is 17.7 Å². The lowest BCUT2D eigenvalue weighted by Crippen LogP contribution is -2.03. The Kier molecular flexibility index (Phi) is 3.04. The fourth-order valence-corrected chi connectivity index (χ4v) is 0.940. The topological polar surface area (TPSA) is 56.9 Å². The maximum absolute atomic E-state index is 13.1. The summed E-state index contributed by atoms with van der Waals surface area (Å²) in [7, 11) is 0. The first-order valence-electron chi connectivity index (χ1n) is 3.58. The third-order valence-corrected chi connectivity index (χ3v) is 1.64. The van der Waals surface area contributed by atoms with Crippen LogP contribution in [0.4, 0.5) is 13.2 Å². The second-order valence-corrected chi connectivity index (χ2v) is 2.43. The molecule has 0 radical (unpaired) electrons. The second-order valence-electron chi connectivity index (χ2n) is 2.43. The van der Waals surface area contributed by atoms with Gasteiger partial charge in [-0.05, 0) is 0 Å². The van der Waals surface area contributed by atoms with Gasteiger partial charge < -0.3 is 5.11 Å². The molecule has 0 fully saturated rings. The number of alkyl halides is 2. The van der Waals surface area contributed by atoms with Crippen molar-refractivity contribution in [3.8, 4) is 6.07 Å². The largest absolute Gasteiger partial charge is 0.391 e. The summed E-state index contributed by atoms with van der Waals surface area (Å²) in [6, 6.07) is 1.50. The zero-order valence-corrected chi connectivity index (χ0v) is 6.84. The van der Waals surface area contributed by atoms with Gasteiger partial charge in [-0.2, -0.15) is 5.26 Å². The zero-order valence-electron chi connectivity index (χ0n) is 6.84. The Morgan fingerprint density at radius 3 is 2.64 bits per heavy atom. The van der Waals surface area contributed by atoms with Gasteiger partial charge in [0.2, 0.25) is 0 Å². The first-order valence-corrected chi connectivity index (χ1v) is 3.58. The molecule has 1 N–H and O–H groups in total. The van der Waals surface area contributed by atoms with Gasteiger partial charge >= 0.3 is 0 Å². The number of hydrogen-bond acceptors (Lipinski definition) is 3. The highest BCUT2D eigenvalue weighted by atomic mass is 19.3. The number of pyridine rings is 1. The van der Waals surface area contributed by atoms with Crippen molar-refractivity contribution in [1.29, 1.82) is 5.26 Å². The predicted octanol–water partition coefficient (Wildman–Crippen LogP) is 1.52. The van der Waals surface area contributed by atoms with Gasteiger partial charge in [0.25, 0.3) is 6.43 Å². The van der Waals surface area contributed by atoms with Crippen molar-refractivity contribution in [1.82, 2.24) is 4.98 Å². The molecule has 6 heteroatoms. The van der Waals surface area contributed by atoms with Gasteiger partial charge in [0.1, 0.15) is 17.6 Å². The highest BCUT2D eigenvalue weighted by Crippen LogP contribution is 2.24. The molecule has 0 saturated carbocycles. The van der Waals surface area contributed by atoms with E-state index in [1.54, 1.807) is 0 Å². The van der Waals surface area contributed by atoms with Crippen LogP contribution in [-0.4, -0.2) is 10.1 Å². The molecule has 0 aliphatic carbocycles. The Balaban J connectivity index is 3.37. The van der Waals surface area contributed by atoms with Crippen molar-refractivity contribution < 1.29 is 18.3 Å². The summed E-state index contributed by atoms with van der Waals surface area (Å²) in [6.07, 6.45) is -2.42. The molecule has 0 saturated heterocycles. The smallest absolute Gasteiger partial charge is 0.268 e. The van der Waals surface area contributed by atoms with Crippen molar-refractivity contribution >= 4 is 0 Å². The molecule has 14 heavy (non-hydrogen) atoms. The Labute approximate surface area is 77.4 Å². The third kappa shape index (κ3) is 1.67. The molecule has 0 aliphatic heterocycles. The highest BCUT2D eigenvalue weighted by molar-refractivity contribution is 5.35. The first kappa shape index (κ1) is 10.5. The molecular formula is C8H5F3N2O. The summed E-state index contributed by atoms with van der Waals surface area (Å²) < 4.78 is 37.4. The minimum absolute atomic E-state index is 0.380. The second kappa shape index (κ2) is 4.07. The van der Waals surface area contributed by atoms with Gasteiger partial charge in [0, 0.05) is 6.20 Å². The summed E-state index contributed by atoms with van der Waals surface area (Å²) in [5, 5.41) is 17.1. The van der Waals surface area contributed by atoms with E-state index in [2.05, 4.69) is 4.98 Å². The monoisotopic (exact) mass is 202 g/mol. The van der Waals surface area contributed by atoms with Crippen molar-refractivity contribution in [2.24, 2.45) is 0 Å². The quantitative estimate of drug-likeness (QED) is 0.790. The molecule has 0 amide bonds. The molecular weight excluding hydrogens is 197 g/mol. The predicted molar refractivity (Wildman–Crippen MR) is 39.8 cm³/mol. The van der Waals surface area contributed by atoms with Gasteiger partial charge in [-0.3, -0.25) is 0 Å². The van der Waals surface area contributed by atoms with Crippen molar-refractivity contribution in [2.75, 3.05) is 0 Å². The number of halogens is 3. The van der Waals surface area contributed by atoms with Crippen LogP contribution in [0.2, 0.25) is 0 Å². The summed E-state index contributed by atoms with van der Waals surface area (Å²) in [5.41, 5.74) is -1.78. The summed E-state index contributed by atoms with van der Waals surface area (Å²) in [5.74, 6) is -1.27. The maximum atomic E-state index is 13.1. The standard InChI is InChI=1S/C8H5F3N2O/c9-7-4(8(10)11)2-13-6(1-12)5(7)3-14/h2,8,14H,3H2. The van der Waals surface area contributed by atoms with E-state index in [9.17, 15) is 13.2 Å². The van der Waals surface area contributed by atoms with Crippen molar-refractivity contribution in [3.63, 3.8) is 0 Å². The maximum Gasteiger partial charge on any atom is 0.268 e. The van der Waals surface area contributed by atoms with E-state index in [0.717, 1.165) is 0 Å². The van der Waals surface area contributed by atoms with E-state index < -0.39 is 30.0 Å². The summed E-state index contributed by atoms with van der Waals surface area (Å²) in [6.45, 7) is -0.831. The number of aromatic nitrogens is 1. The van der Waals surface area contributed by atoms with Crippen molar-refractivity contribution in [2.45, 2.75) is 13.0 Å². The Morgan fingerprint density at radius 2 is 2.21 bits per heavy atom. The molecule has 1 aromatic rings. The van der Waals surface area contributed by atoms with Crippen LogP contribution in [0.1, 0.15) is 23.2 Å². The Morgan fingerprint density at radius 1 is 1.57 bits per heavy atom. The molecule has 1 heterocycles. The molecule has 74 valence electrons. The molecule has 0 bridgehead atoms. The van der Waals surface area contributed by atoms with Gasteiger partial charge in [0.15, 0.2) is 0 Å². The van der Waals surface area contributed by atoms with E-state index in [0.29, 0.717) is 6.20 Å². The van der Waals surface area contributed by atoms with E-state index >= 15 is 0 Å². The van der Waals surface area contributed by atoms with Gasteiger partial charge in [-0.1, -0.05) is 0 Å². The minimum atomic E-state index is -3.01. The SMILES string of the molecule is N#Cc1ncc(C(F)F)c(F)c1CO. The number of nitrogens with zero attached hydrogens (tertiary/aromatic N) is 2. The van der Waals surface area contributed by atoms with Crippen LogP contribution >= 0.6 is 0 Å². The van der Waals surface area contributed by atoms with Crippen molar-refractivity contribution in [3.05, 3.63) is 28.8 Å². The third-order valence-electron chi connectivity index (χ3n) is 1.64. The average molecular weight is 202 g/mol. The lowest BCUT2D eigenvalue weighted by atomic mass is 10.1. The number of nitriles is 1. The van der Waals surface area contributed by atoms with E-state index in [-0.39, 0.29) is 5.69 Å². The van der Waals surface area contributed by atoms with Crippen LogP contribution in [-0.2, 0) is 6.61 Å². The molecule has 0 aliphatic rings. The number of aliphatic hydroxyl groups is 1. The van der Waals surface area contributed by atoms with Crippen LogP contribution in [0.25, 0.3) is 0 Å². The lowest BCUT2D eigenvalue weighted by Gasteiger charge is -2.05. The lowest BCUT2D eigenvalue weighted by molar-refractivity contribution is 0.145. The molecule has 0 atom stereocenters. The van der Waals surface area contributed by atoms with E-state index in [1.165, 1.54) is 6.07 Å². The number of rotatable bonds is 2. The molecule has 0 unspecified atom stereocenters. The normalized spacial score (nSPS) is 10.3. The number of hydrogen-bond donors (Lipinski definition) is 1. The molecule has 3 nitrogen and oxygen atoms in total. The summed E-state index contributed by atoms with van der Waals surface area (Å²) >= 11 is 0. The van der Waals surface area contributed by atoms with E-state index in [4.69, 9.17) is 10.4 Å². The highest BCUT2D eigenvalue weighted by Gasteiger charge is 2.19. The van der Waals surface area contributed by atoms with Crippen LogP contribution < -0.4 is 0 Å². The van der Waals surface area contributed by atoms with E-state index in [1.807, 2.05) is 0 Å². The Hall–Kier alpha value is -1.61. The fraction of sp³-hybridized carbons (Fsp3) is 0.250. The molecule has 1 aromatic heterocycles. The van der Waals surface area contributed by atoms with Crippen LogP contribution in [0.15, 0.2) is 6.20 Å². The first-order chi connectivity index (χ1) is 6.61. The average Bonchev–Trinajstić information content (AvgIpc) is 2.16. The molecule has 0 aromatic carbocycles. The van der Waals surface area contributed by atoms with Crippen LogP contribution in [0.3, 0.4) is 0 Å². The van der Waals surface area contributed by atoms with Crippen LogP contribution in [0.5, 0.6) is 0 Å². The zero-order chi connectivity index (χ0) is 10.7. The van der Waals surface area contributed by atoms with Crippen LogP contribution in [0, 0.1) is 17.1 Å². The Bertz CT molecular complexity index is 387. The molecule has 1 rings (SSSR count). The fourth-order valence-electron chi connectivity index (χ4n) is 0.940. The summed E-state index contributed by atoms with van der Waals surface area (Å²) in [4.78, 5) is 3.31. The van der Waals surface area contributed by atoms with Gasteiger partial charge in [-0.25, -0.2) is 18.2 Å². The minimum Gasteiger partial charge on any atom is -0.391 e. The number of aliphatic hydroxyl groups excluding tert-OH is 1. The van der Waals surface area contributed by atoms with Gasteiger partial charge in [-0.15, -0.1) is 0 Å². The molecule has 0 spiro atoms.